The molecule has 0 spiro atoms. The predicted octanol–water partition coefficient (Wildman–Crippen LogP) is 4.92. The van der Waals surface area contributed by atoms with Crippen molar-refractivity contribution in [2.45, 2.75) is 22.5 Å². The summed E-state index contributed by atoms with van der Waals surface area (Å²) in [7, 11) is 0. The van der Waals surface area contributed by atoms with Crippen molar-refractivity contribution in [2.75, 3.05) is 11.5 Å². The molecule has 0 bridgehead atoms. The number of carbonyl (C=O) groups excluding carboxylic acids is 4. The molecule has 1 heterocycles. The molecule has 2 amide bonds. The molecule has 1 aliphatic heterocycles. The summed E-state index contributed by atoms with van der Waals surface area (Å²) in [4.78, 5) is 51.8. The van der Waals surface area contributed by atoms with E-state index in [1.165, 1.54) is 17.0 Å². The summed E-state index contributed by atoms with van der Waals surface area (Å²) in [6.45, 7) is -0.379. The van der Waals surface area contributed by atoms with Crippen molar-refractivity contribution in [1.82, 2.24) is 0 Å². The van der Waals surface area contributed by atoms with E-state index in [0.717, 1.165) is 4.47 Å². The van der Waals surface area contributed by atoms with Gasteiger partial charge in [0.15, 0.2) is 12.4 Å². The van der Waals surface area contributed by atoms with Crippen molar-refractivity contribution in [3.05, 3.63) is 64.1 Å². The van der Waals surface area contributed by atoms with Crippen molar-refractivity contribution in [2.24, 2.45) is 11.8 Å². The van der Waals surface area contributed by atoms with Crippen LogP contribution >= 0.6 is 47.8 Å². The molecule has 6 nitrogen and oxygen atoms in total. The lowest BCUT2D eigenvalue weighted by atomic mass is 9.81. The zero-order valence-electron chi connectivity index (χ0n) is 16.7. The van der Waals surface area contributed by atoms with E-state index >= 15 is 0 Å². The van der Waals surface area contributed by atoms with E-state index < -0.39 is 5.97 Å². The number of amides is 2. The highest BCUT2D eigenvalue weighted by Crippen LogP contribution is 2.44. The summed E-state index contributed by atoms with van der Waals surface area (Å²) in [5.74, 6) is -2.06. The highest BCUT2D eigenvalue weighted by atomic mass is 79.9. The molecule has 1 saturated heterocycles. The standard InChI is InChI=1S/C23H18Br3NO5/c24-14-5-1-12(2-6-14)20(28)11-32-23(31)13-3-7-15(8-4-13)27-21(29)16-9-18(25)19(26)10-17(16)22(27)30/h1-8,16-19H,9-11H2/t16-,17-,18-,19+/m0/s1. The van der Waals surface area contributed by atoms with Gasteiger partial charge in [0.05, 0.1) is 23.1 Å². The number of rotatable bonds is 5. The largest absolute Gasteiger partial charge is 0.454 e. The van der Waals surface area contributed by atoms with E-state index in [-0.39, 0.29) is 51.3 Å². The number of ether oxygens (including phenoxy) is 1. The zero-order chi connectivity index (χ0) is 23.0. The normalized spacial score (nSPS) is 24.9. The predicted molar refractivity (Wildman–Crippen MR) is 129 cm³/mol. The number of esters is 1. The Hall–Kier alpha value is -1.84. The average Bonchev–Trinajstić information content (AvgIpc) is 3.02. The molecule has 2 aromatic rings. The Balaban J connectivity index is 1.41. The summed E-state index contributed by atoms with van der Waals surface area (Å²) in [5.41, 5.74) is 1.10. The summed E-state index contributed by atoms with van der Waals surface area (Å²) in [6.07, 6.45) is 1.19. The Labute approximate surface area is 210 Å². The van der Waals surface area contributed by atoms with Crippen LogP contribution in [0.4, 0.5) is 5.69 Å². The number of hydrogen-bond donors (Lipinski definition) is 0. The van der Waals surface area contributed by atoms with Gasteiger partial charge in [0.2, 0.25) is 11.8 Å². The first-order chi connectivity index (χ1) is 15.3. The highest BCUT2D eigenvalue weighted by Gasteiger charge is 2.52. The van der Waals surface area contributed by atoms with Crippen molar-refractivity contribution in [3.8, 4) is 0 Å². The lowest BCUT2D eigenvalue weighted by molar-refractivity contribution is -0.122. The maximum atomic E-state index is 12.9. The first kappa shape index (κ1) is 23.3. The van der Waals surface area contributed by atoms with Gasteiger partial charge in [-0.05, 0) is 49.2 Å². The number of anilines is 1. The third-order valence-electron chi connectivity index (χ3n) is 5.77. The monoisotopic (exact) mass is 625 g/mol. The second-order valence-electron chi connectivity index (χ2n) is 7.78. The lowest BCUT2D eigenvalue weighted by Gasteiger charge is -2.29. The van der Waals surface area contributed by atoms with Gasteiger partial charge in [0, 0.05) is 19.7 Å². The number of hydrogen-bond acceptors (Lipinski definition) is 5. The van der Waals surface area contributed by atoms with Crippen LogP contribution < -0.4 is 4.90 Å². The second kappa shape index (κ2) is 9.57. The molecule has 1 saturated carbocycles. The Morgan fingerprint density at radius 1 is 0.844 bits per heavy atom. The number of nitrogens with zero attached hydrogens (tertiary/aromatic N) is 1. The fourth-order valence-electron chi connectivity index (χ4n) is 4.03. The minimum Gasteiger partial charge on any atom is -0.454 e. The number of Topliss-reactive ketones (excluding diaryl/α,β-unsaturated/α-hetero) is 1. The molecule has 0 radical (unpaired) electrons. The quantitative estimate of drug-likeness (QED) is 0.204. The molecule has 4 atom stereocenters. The number of halogens is 3. The van der Waals surface area contributed by atoms with E-state index in [4.69, 9.17) is 4.74 Å². The minimum atomic E-state index is -0.654. The van der Waals surface area contributed by atoms with E-state index in [2.05, 4.69) is 47.8 Å². The summed E-state index contributed by atoms with van der Waals surface area (Å²) in [5, 5.41) is 0. The molecule has 1 aliphatic carbocycles. The molecule has 0 aromatic heterocycles. The maximum Gasteiger partial charge on any atom is 0.338 e. The van der Waals surface area contributed by atoms with Crippen molar-refractivity contribution in [1.29, 1.82) is 0 Å². The van der Waals surface area contributed by atoms with Gasteiger partial charge in [0.1, 0.15) is 0 Å². The first-order valence-electron chi connectivity index (χ1n) is 9.98. The average molecular weight is 628 g/mol. The van der Waals surface area contributed by atoms with Gasteiger partial charge in [-0.25, -0.2) is 4.79 Å². The molecule has 2 aromatic carbocycles. The maximum absolute atomic E-state index is 12.9. The number of fused-ring (bicyclic) bond motifs is 1. The van der Waals surface area contributed by atoms with Crippen LogP contribution in [0.25, 0.3) is 0 Å². The summed E-state index contributed by atoms with van der Waals surface area (Å²) < 4.78 is 5.97. The van der Waals surface area contributed by atoms with Crippen LogP contribution in [0.1, 0.15) is 33.6 Å². The van der Waals surface area contributed by atoms with Gasteiger partial charge in [-0.2, -0.15) is 0 Å². The van der Waals surface area contributed by atoms with E-state index in [0.29, 0.717) is 24.1 Å². The van der Waals surface area contributed by atoms with E-state index in [1.54, 1.807) is 36.4 Å². The van der Waals surface area contributed by atoms with Crippen LogP contribution in [-0.2, 0) is 14.3 Å². The highest BCUT2D eigenvalue weighted by molar-refractivity contribution is 9.12. The smallest absolute Gasteiger partial charge is 0.338 e. The van der Waals surface area contributed by atoms with Gasteiger partial charge >= 0.3 is 5.97 Å². The molecular weight excluding hydrogens is 610 g/mol. The molecule has 4 rings (SSSR count). The van der Waals surface area contributed by atoms with Crippen LogP contribution in [0, 0.1) is 11.8 Å². The SMILES string of the molecule is O=C(COC(=O)c1ccc(N2C(=O)[C@H]3C[C@@H](Br)[C@@H](Br)C[C@@H]3C2=O)cc1)c1ccc(Br)cc1. The number of benzene rings is 2. The number of carbonyl (C=O) groups is 4. The molecule has 2 aliphatic rings. The lowest BCUT2D eigenvalue weighted by Crippen LogP contribution is -2.34. The molecule has 9 heteroatoms. The fraction of sp³-hybridized carbons (Fsp3) is 0.304. The van der Waals surface area contributed by atoms with Gasteiger partial charge < -0.3 is 4.74 Å². The van der Waals surface area contributed by atoms with Crippen molar-refractivity contribution in [3.63, 3.8) is 0 Å². The van der Waals surface area contributed by atoms with Gasteiger partial charge in [-0.1, -0.05) is 59.9 Å². The van der Waals surface area contributed by atoms with Gasteiger partial charge in [-0.15, -0.1) is 0 Å². The third-order valence-corrected chi connectivity index (χ3v) is 9.04. The number of alkyl halides is 2. The molecule has 0 unspecified atom stereocenters. The molecule has 2 fully saturated rings. The molecule has 166 valence electrons. The third kappa shape index (κ3) is 4.61. The zero-order valence-corrected chi connectivity index (χ0v) is 21.4. The number of ketones is 1. The van der Waals surface area contributed by atoms with Crippen LogP contribution in [0.2, 0.25) is 0 Å². The molecule has 0 N–H and O–H groups in total. The van der Waals surface area contributed by atoms with Crippen molar-refractivity contribution < 1.29 is 23.9 Å². The Kier molecular flexibility index (Phi) is 6.97. The fourth-order valence-corrected chi connectivity index (χ4v) is 5.53. The van der Waals surface area contributed by atoms with E-state index in [1.807, 2.05) is 0 Å². The van der Waals surface area contributed by atoms with Crippen LogP contribution in [0.5, 0.6) is 0 Å². The molecule has 32 heavy (non-hydrogen) atoms. The van der Waals surface area contributed by atoms with Gasteiger partial charge in [0.25, 0.3) is 0 Å². The second-order valence-corrected chi connectivity index (χ2v) is 11.0. The van der Waals surface area contributed by atoms with Gasteiger partial charge in [-0.3, -0.25) is 19.3 Å². The van der Waals surface area contributed by atoms with Crippen LogP contribution in [0.3, 0.4) is 0 Å². The van der Waals surface area contributed by atoms with Crippen molar-refractivity contribution >= 4 is 77.0 Å². The minimum absolute atomic E-state index is 0.137. The summed E-state index contributed by atoms with van der Waals surface area (Å²) >= 11 is 10.5. The van der Waals surface area contributed by atoms with Crippen LogP contribution in [-0.4, -0.2) is 39.8 Å². The number of imide groups is 1. The topological polar surface area (TPSA) is 80.8 Å². The van der Waals surface area contributed by atoms with Crippen LogP contribution in [0.15, 0.2) is 53.0 Å². The Bertz CT molecular complexity index is 1040. The first-order valence-corrected chi connectivity index (χ1v) is 12.6. The summed E-state index contributed by atoms with van der Waals surface area (Å²) in [6, 6.07) is 12.9. The van der Waals surface area contributed by atoms with E-state index in [9.17, 15) is 19.2 Å². The Morgan fingerprint density at radius 2 is 1.34 bits per heavy atom. The Morgan fingerprint density at radius 3 is 1.88 bits per heavy atom. The molecular formula is C23H18Br3NO5.